The SMILES string of the molecule is NC(=O)C1(Cc2ccccc2)CCCO1. The van der Waals surface area contributed by atoms with E-state index >= 15 is 0 Å². The minimum atomic E-state index is -0.763. The second-order valence-corrected chi connectivity index (χ2v) is 3.97. The van der Waals surface area contributed by atoms with Gasteiger partial charge in [0.1, 0.15) is 5.60 Å². The number of primary amides is 1. The van der Waals surface area contributed by atoms with Crippen LogP contribution in [0.15, 0.2) is 30.3 Å². The highest BCUT2D eigenvalue weighted by Gasteiger charge is 2.40. The van der Waals surface area contributed by atoms with Gasteiger partial charge >= 0.3 is 0 Å². The van der Waals surface area contributed by atoms with E-state index in [2.05, 4.69) is 0 Å². The summed E-state index contributed by atoms with van der Waals surface area (Å²) in [7, 11) is 0. The minimum absolute atomic E-state index is 0.344. The van der Waals surface area contributed by atoms with Crippen LogP contribution in [0.2, 0.25) is 0 Å². The first-order valence-electron chi connectivity index (χ1n) is 5.21. The lowest BCUT2D eigenvalue weighted by Gasteiger charge is -2.24. The molecule has 1 amide bonds. The molecule has 0 radical (unpaired) electrons. The zero-order valence-electron chi connectivity index (χ0n) is 8.61. The van der Waals surface area contributed by atoms with Crippen molar-refractivity contribution >= 4 is 5.91 Å². The van der Waals surface area contributed by atoms with Crippen molar-refractivity contribution in [2.24, 2.45) is 5.73 Å². The molecule has 1 saturated heterocycles. The van der Waals surface area contributed by atoms with Gasteiger partial charge in [0.25, 0.3) is 0 Å². The topological polar surface area (TPSA) is 52.3 Å². The van der Waals surface area contributed by atoms with E-state index in [4.69, 9.17) is 10.5 Å². The van der Waals surface area contributed by atoms with Gasteiger partial charge in [-0.05, 0) is 18.4 Å². The van der Waals surface area contributed by atoms with Crippen molar-refractivity contribution in [3.8, 4) is 0 Å². The molecule has 0 aromatic heterocycles. The number of nitrogens with two attached hydrogens (primary N) is 1. The average molecular weight is 205 g/mol. The Balaban J connectivity index is 2.18. The third-order valence-electron chi connectivity index (χ3n) is 2.88. The van der Waals surface area contributed by atoms with Crippen LogP contribution >= 0.6 is 0 Å². The predicted molar refractivity (Wildman–Crippen MR) is 57.3 cm³/mol. The molecule has 1 atom stereocenters. The molecule has 15 heavy (non-hydrogen) atoms. The fraction of sp³-hybridized carbons (Fsp3) is 0.417. The van der Waals surface area contributed by atoms with Crippen molar-refractivity contribution in [1.29, 1.82) is 0 Å². The summed E-state index contributed by atoms with van der Waals surface area (Å²) in [5, 5.41) is 0. The summed E-state index contributed by atoms with van der Waals surface area (Å²) < 4.78 is 5.53. The Morgan fingerprint density at radius 3 is 2.67 bits per heavy atom. The van der Waals surface area contributed by atoms with E-state index in [0.717, 1.165) is 18.4 Å². The summed E-state index contributed by atoms with van der Waals surface area (Å²) >= 11 is 0. The number of ether oxygens (including phenoxy) is 1. The summed E-state index contributed by atoms with van der Waals surface area (Å²) in [5.74, 6) is -0.344. The normalized spacial score (nSPS) is 25.3. The van der Waals surface area contributed by atoms with Gasteiger partial charge in [0.05, 0.1) is 0 Å². The molecule has 0 bridgehead atoms. The van der Waals surface area contributed by atoms with Crippen molar-refractivity contribution in [2.45, 2.75) is 24.9 Å². The first-order chi connectivity index (χ1) is 7.23. The highest BCUT2D eigenvalue weighted by molar-refractivity contribution is 5.84. The maximum Gasteiger partial charge on any atom is 0.250 e. The summed E-state index contributed by atoms with van der Waals surface area (Å²) in [6.07, 6.45) is 2.23. The van der Waals surface area contributed by atoms with E-state index in [1.54, 1.807) is 0 Å². The molecule has 1 aromatic rings. The van der Waals surface area contributed by atoms with Crippen LogP contribution in [-0.2, 0) is 16.0 Å². The summed E-state index contributed by atoms with van der Waals surface area (Å²) in [6, 6.07) is 9.85. The van der Waals surface area contributed by atoms with Gasteiger partial charge in [-0.25, -0.2) is 0 Å². The Labute approximate surface area is 89.2 Å². The summed E-state index contributed by atoms with van der Waals surface area (Å²) in [4.78, 5) is 11.4. The smallest absolute Gasteiger partial charge is 0.250 e. The van der Waals surface area contributed by atoms with Crippen LogP contribution in [0.3, 0.4) is 0 Å². The van der Waals surface area contributed by atoms with Crippen LogP contribution < -0.4 is 5.73 Å². The van der Waals surface area contributed by atoms with Crippen molar-refractivity contribution in [3.63, 3.8) is 0 Å². The lowest BCUT2D eigenvalue weighted by Crippen LogP contribution is -2.45. The highest BCUT2D eigenvalue weighted by Crippen LogP contribution is 2.29. The van der Waals surface area contributed by atoms with Gasteiger partial charge in [-0.15, -0.1) is 0 Å². The fourth-order valence-electron chi connectivity index (χ4n) is 2.04. The van der Waals surface area contributed by atoms with Crippen LogP contribution in [0.25, 0.3) is 0 Å². The fourth-order valence-corrected chi connectivity index (χ4v) is 2.04. The number of hydrogen-bond acceptors (Lipinski definition) is 2. The maximum absolute atomic E-state index is 11.4. The lowest BCUT2D eigenvalue weighted by atomic mass is 9.91. The molecule has 2 rings (SSSR count). The lowest BCUT2D eigenvalue weighted by molar-refractivity contribution is -0.137. The van der Waals surface area contributed by atoms with Crippen LogP contribution in [0.4, 0.5) is 0 Å². The standard InChI is InChI=1S/C12H15NO2/c13-11(14)12(7-4-8-15-12)9-10-5-2-1-3-6-10/h1-3,5-6H,4,7-9H2,(H2,13,14). The van der Waals surface area contributed by atoms with Crippen LogP contribution in [0, 0.1) is 0 Å². The average Bonchev–Trinajstić information content (AvgIpc) is 2.69. The van der Waals surface area contributed by atoms with Gasteiger partial charge < -0.3 is 10.5 Å². The van der Waals surface area contributed by atoms with Crippen molar-refractivity contribution in [3.05, 3.63) is 35.9 Å². The molecule has 80 valence electrons. The molecule has 1 aliphatic heterocycles. The number of benzene rings is 1. The molecule has 1 unspecified atom stereocenters. The number of carbonyl (C=O) groups is 1. The molecule has 0 spiro atoms. The van der Waals surface area contributed by atoms with E-state index in [-0.39, 0.29) is 5.91 Å². The Kier molecular flexibility index (Phi) is 2.73. The highest BCUT2D eigenvalue weighted by atomic mass is 16.5. The van der Waals surface area contributed by atoms with Gasteiger partial charge in [0.2, 0.25) is 5.91 Å². The van der Waals surface area contributed by atoms with Crippen molar-refractivity contribution in [2.75, 3.05) is 6.61 Å². The largest absolute Gasteiger partial charge is 0.367 e. The van der Waals surface area contributed by atoms with Crippen molar-refractivity contribution in [1.82, 2.24) is 0 Å². The van der Waals surface area contributed by atoms with Crippen LogP contribution in [0.1, 0.15) is 18.4 Å². The van der Waals surface area contributed by atoms with E-state index in [0.29, 0.717) is 13.0 Å². The molecular formula is C12H15NO2. The van der Waals surface area contributed by atoms with Gasteiger partial charge in [0, 0.05) is 13.0 Å². The van der Waals surface area contributed by atoms with Crippen LogP contribution in [-0.4, -0.2) is 18.1 Å². The van der Waals surface area contributed by atoms with Gasteiger partial charge in [0.15, 0.2) is 0 Å². The quantitative estimate of drug-likeness (QED) is 0.807. The molecule has 1 fully saturated rings. The molecule has 3 heteroatoms. The molecule has 1 aliphatic rings. The number of carbonyl (C=O) groups excluding carboxylic acids is 1. The number of amides is 1. The first-order valence-corrected chi connectivity index (χ1v) is 5.21. The molecule has 2 N–H and O–H groups in total. The number of rotatable bonds is 3. The van der Waals surface area contributed by atoms with Gasteiger partial charge in [-0.1, -0.05) is 30.3 Å². The summed E-state index contributed by atoms with van der Waals surface area (Å²) in [6.45, 7) is 0.635. The molecule has 1 aromatic carbocycles. The van der Waals surface area contributed by atoms with E-state index in [9.17, 15) is 4.79 Å². The Bertz CT molecular complexity index is 342. The monoisotopic (exact) mass is 205 g/mol. The molecule has 0 aliphatic carbocycles. The van der Waals surface area contributed by atoms with E-state index < -0.39 is 5.60 Å². The third kappa shape index (κ3) is 2.02. The molecule has 0 saturated carbocycles. The Morgan fingerprint density at radius 1 is 1.40 bits per heavy atom. The second-order valence-electron chi connectivity index (χ2n) is 3.97. The maximum atomic E-state index is 11.4. The minimum Gasteiger partial charge on any atom is -0.367 e. The second kappa shape index (κ2) is 4.03. The number of hydrogen-bond donors (Lipinski definition) is 1. The zero-order valence-corrected chi connectivity index (χ0v) is 8.61. The zero-order chi connectivity index (χ0) is 10.7. The van der Waals surface area contributed by atoms with Crippen molar-refractivity contribution < 1.29 is 9.53 Å². The van der Waals surface area contributed by atoms with Gasteiger partial charge in [-0.3, -0.25) is 4.79 Å². The van der Waals surface area contributed by atoms with E-state index in [1.165, 1.54) is 0 Å². The third-order valence-corrected chi connectivity index (χ3v) is 2.88. The van der Waals surface area contributed by atoms with Gasteiger partial charge in [-0.2, -0.15) is 0 Å². The molecule has 1 heterocycles. The molecular weight excluding hydrogens is 190 g/mol. The van der Waals surface area contributed by atoms with E-state index in [1.807, 2.05) is 30.3 Å². The summed E-state index contributed by atoms with van der Waals surface area (Å²) in [5.41, 5.74) is 5.75. The first kappa shape index (κ1) is 10.2. The van der Waals surface area contributed by atoms with Crippen LogP contribution in [0.5, 0.6) is 0 Å². The Hall–Kier alpha value is -1.35. The predicted octanol–water partition coefficient (Wildman–Crippen LogP) is 1.26. The Morgan fingerprint density at radius 2 is 2.13 bits per heavy atom. The molecule has 3 nitrogen and oxygen atoms in total.